The zero-order valence-electron chi connectivity index (χ0n) is 33.8. The third-order valence-electron chi connectivity index (χ3n) is 10.7. The van der Waals surface area contributed by atoms with Gasteiger partial charge in [-0.2, -0.15) is 0 Å². The summed E-state index contributed by atoms with van der Waals surface area (Å²) in [6, 6.07) is 20.0. The molecule has 1 aliphatic heterocycles. The number of amides is 3. The largest absolute Gasteiger partial charge is 0.453 e. The molecule has 3 heterocycles. The van der Waals surface area contributed by atoms with Gasteiger partial charge in [0.15, 0.2) is 0 Å². The van der Waals surface area contributed by atoms with Crippen molar-refractivity contribution in [3.63, 3.8) is 0 Å². The molecule has 1 saturated heterocycles. The van der Waals surface area contributed by atoms with Crippen LogP contribution in [-0.2, 0) is 14.3 Å². The van der Waals surface area contributed by atoms with Crippen LogP contribution in [0.2, 0.25) is 0 Å². The molecule has 2 aromatic heterocycles. The number of hydrogen-bond acceptors (Lipinski definition) is 7. The summed E-state index contributed by atoms with van der Waals surface area (Å²) in [7, 11) is 1.30. The Morgan fingerprint density at radius 1 is 0.893 bits per heavy atom. The Labute approximate surface area is 327 Å². The Morgan fingerprint density at radius 2 is 1.50 bits per heavy atom. The van der Waals surface area contributed by atoms with Crippen molar-refractivity contribution in [3.05, 3.63) is 72.3 Å². The molecule has 294 valence electrons. The van der Waals surface area contributed by atoms with Crippen LogP contribution in [0.3, 0.4) is 0 Å². The maximum Gasteiger partial charge on any atom is 0.411 e. The van der Waals surface area contributed by atoms with E-state index in [4.69, 9.17) is 19.4 Å². The molecular formula is C44H53N7O5. The summed E-state index contributed by atoms with van der Waals surface area (Å²) in [5.74, 6) is 1.25. The van der Waals surface area contributed by atoms with Crippen molar-refractivity contribution in [2.75, 3.05) is 13.7 Å². The number of fused-ring (bicyclic) bond motifs is 6. The van der Waals surface area contributed by atoms with E-state index in [1.54, 1.807) is 4.90 Å². The molecule has 3 N–H and O–H groups in total. The molecular weight excluding hydrogens is 707 g/mol. The molecule has 12 heteroatoms. The Balaban J connectivity index is 1.17. The summed E-state index contributed by atoms with van der Waals surface area (Å²) < 4.78 is 10.6. The van der Waals surface area contributed by atoms with Gasteiger partial charge in [-0.25, -0.2) is 19.6 Å². The zero-order valence-corrected chi connectivity index (χ0v) is 33.8. The number of rotatable bonds is 9. The highest BCUT2D eigenvalue weighted by Crippen LogP contribution is 2.37. The predicted molar refractivity (Wildman–Crippen MR) is 220 cm³/mol. The van der Waals surface area contributed by atoms with Crippen molar-refractivity contribution in [3.8, 4) is 11.1 Å². The standard InChI is InChI=1S/C44H53N7O5/c1-10-34(51(25(4)5)43(54)56-44(6,7)8)39-45-32-19-15-28-22-26(13-17-30(28)37(32)47-39)27-14-18-31-29(23-27)16-20-33-38(31)48-40(46-33)35-12-11-21-50(35)41(52)36(24(2)3)49-42(53)55-9/h13-20,22-25,34-36H,10-12,21H2,1-9H3,(H,45,47)(H,46,48)(H,49,53)/t34-,35-,36-/m0/s1. The summed E-state index contributed by atoms with van der Waals surface area (Å²) in [6.45, 7) is 16.1. The molecule has 12 nitrogen and oxygen atoms in total. The number of nitrogens with zero attached hydrogens (tertiary/aromatic N) is 4. The number of ether oxygens (including phenoxy) is 2. The minimum absolute atomic E-state index is 0.0791. The van der Waals surface area contributed by atoms with Crippen LogP contribution in [0, 0.1) is 5.92 Å². The van der Waals surface area contributed by atoms with Crippen molar-refractivity contribution in [1.82, 2.24) is 35.1 Å². The first kappa shape index (κ1) is 38.6. The predicted octanol–water partition coefficient (Wildman–Crippen LogP) is 9.55. The molecule has 1 fully saturated rings. The molecule has 7 rings (SSSR count). The summed E-state index contributed by atoms with van der Waals surface area (Å²) in [6.07, 6.45) is 1.35. The Morgan fingerprint density at radius 3 is 2.05 bits per heavy atom. The van der Waals surface area contributed by atoms with E-state index in [1.165, 1.54) is 7.11 Å². The van der Waals surface area contributed by atoms with Gasteiger partial charge in [-0.1, -0.05) is 57.2 Å². The summed E-state index contributed by atoms with van der Waals surface area (Å²) in [5, 5.41) is 6.91. The molecule has 0 aliphatic carbocycles. The van der Waals surface area contributed by atoms with Crippen LogP contribution in [0.15, 0.2) is 60.7 Å². The van der Waals surface area contributed by atoms with Gasteiger partial charge >= 0.3 is 12.2 Å². The first-order valence-electron chi connectivity index (χ1n) is 19.7. The zero-order chi connectivity index (χ0) is 40.1. The van der Waals surface area contributed by atoms with Crippen LogP contribution >= 0.6 is 0 Å². The molecule has 0 saturated carbocycles. The number of nitrogens with one attached hydrogen (secondary N) is 3. The fourth-order valence-electron chi connectivity index (χ4n) is 8.04. The number of benzene rings is 4. The Bertz CT molecular complexity index is 2440. The van der Waals surface area contributed by atoms with Crippen LogP contribution in [0.4, 0.5) is 9.59 Å². The van der Waals surface area contributed by atoms with Gasteiger partial charge < -0.3 is 29.7 Å². The minimum Gasteiger partial charge on any atom is -0.453 e. The van der Waals surface area contributed by atoms with Gasteiger partial charge in [0.2, 0.25) is 5.91 Å². The number of carbonyl (C=O) groups is 3. The Kier molecular flexibility index (Phi) is 10.4. The van der Waals surface area contributed by atoms with Crippen molar-refractivity contribution < 1.29 is 23.9 Å². The fraction of sp³-hybridized carbons (Fsp3) is 0.432. The lowest BCUT2D eigenvalue weighted by Crippen LogP contribution is -2.51. The highest BCUT2D eigenvalue weighted by atomic mass is 16.6. The van der Waals surface area contributed by atoms with Gasteiger partial charge in [-0.3, -0.25) is 9.69 Å². The molecule has 0 radical (unpaired) electrons. The number of imidazole rings is 2. The van der Waals surface area contributed by atoms with Crippen molar-refractivity contribution in [2.45, 2.75) is 104 Å². The van der Waals surface area contributed by atoms with E-state index < -0.39 is 17.7 Å². The fourth-order valence-corrected chi connectivity index (χ4v) is 8.04. The van der Waals surface area contributed by atoms with Gasteiger partial charge in [0.1, 0.15) is 23.3 Å². The van der Waals surface area contributed by atoms with E-state index in [1.807, 2.05) is 59.4 Å². The van der Waals surface area contributed by atoms with Crippen LogP contribution in [0.25, 0.3) is 54.7 Å². The number of aromatic amines is 2. The van der Waals surface area contributed by atoms with Crippen LogP contribution in [0.1, 0.15) is 98.4 Å². The first-order valence-corrected chi connectivity index (χ1v) is 19.7. The third-order valence-corrected chi connectivity index (χ3v) is 10.7. The average Bonchev–Trinajstić information content (AvgIpc) is 3.92. The second kappa shape index (κ2) is 15.1. The smallest absolute Gasteiger partial charge is 0.411 e. The maximum absolute atomic E-state index is 13.7. The van der Waals surface area contributed by atoms with E-state index in [0.717, 1.165) is 79.2 Å². The molecule has 3 atom stereocenters. The number of alkyl carbamates (subject to hydrolysis) is 1. The summed E-state index contributed by atoms with van der Waals surface area (Å²) in [5.41, 5.74) is 5.12. The van der Waals surface area contributed by atoms with E-state index >= 15 is 0 Å². The second-order valence-electron chi connectivity index (χ2n) is 16.5. The monoisotopic (exact) mass is 759 g/mol. The van der Waals surface area contributed by atoms with Gasteiger partial charge in [0.25, 0.3) is 0 Å². The third kappa shape index (κ3) is 7.36. The van der Waals surface area contributed by atoms with Gasteiger partial charge in [-0.05, 0) is 106 Å². The average molecular weight is 760 g/mol. The highest BCUT2D eigenvalue weighted by Gasteiger charge is 2.38. The van der Waals surface area contributed by atoms with Crippen molar-refractivity contribution >= 4 is 61.7 Å². The van der Waals surface area contributed by atoms with E-state index in [9.17, 15) is 14.4 Å². The van der Waals surface area contributed by atoms with Gasteiger partial charge in [-0.15, -0.1) is 0 Å². The maximum atomic E-state index is 13.7. The number of hydrogen-bond donors (Lipinski definition) is 3. The van der Waals surface area contributed by atoms with Gasteiger partial charge in [0, 0.05) is 23.4 Å². The lowest BCUT2D eigenvalue weighted by atomic mass is 9.98. The van der Waals surface area contributed by atoms with Crippen LogP contribution in [-0.4, -0.2) is 79.2 Å². The van der Waals surface area contributed by atoms with E-state index in [2.05, 4.69) is 76.8 Å². The molecule has 4 aromatic carbocycles. The van der Waals surface area contributed by atoms with Crippen LogP contribution in [0.5, 0.6) is 0 Å². The number of carbonyl (C=O) groups excluding carboxylic acids is 3. The Hall–Kier alpha value is -5.65. The molecule has 0 unspecified atom stereocenters. The topological polar surface area (TPSA) is 146 Å². The van der Waals surface area contributed by atoms with Crippen molar-refractivity contribution in [2.24, 2.45) is 5.92 Å². The molecule has 0 bridgehead atoms. The highest BCUT2D eigenvalue weighted by molar-refractivity contribution is 6.07. The molecule has 3 amide bonds. The summed E-state index contributed by atoms with van der Waals surface area (Å²) in [4.78, 5) is 59.8. The normalized spacial score (nSPS) is 16.0. The molecule has 1 aliphatic rings. The lowest BCUT2D eigenvalue weighted by Gasteiger charge is -2.35. The number of aromatic nitrogens is 4. The molecule has 0 spiro atoms. The second-order valence-corrected chi connectivity index (χ2v) is 16.5. The number of H-pyrrole nitrogens is 2. The first-order chi connectivity index (χ1) is 26.7. The van der Waals surface area contributed by atoms with Crippen molar-refractivity contribution in [1.29, 1.82) is 0 Å². The van der Waals surface area contributed by atoms with Gasteiger partial charge in [0.05, 0.1) is 41.3 Å². The molecule has 6 aromatic rings. The van der Waals surface area contributed by atoms with Crippen LogP contribution < -0.4 is 5.32 Å². The quantitative estimate of drug-likeness (QED) is 0.133. The minimum atomic E-state index is -0.690. The van der Waals surface area contributed by atoms with E-state index in [-0.39, 0.29) is 36.0 Å². The van der Waals surface area contributed by atoms with E-state index in [0.29, 0.717) is 13.0 Å². The number of likely N-dealkylation sites (tertiary alicyclic amines) is 1. The lowest BCUT2D eigenvalue weighted by molar-refractivity contribution is -0.135. The number of methoxy groups -OCH3 is 1. The SMILES string of the molecule is CC[C@@H](c1nc2c(ccc3cc(-c4ccc5c(ccc6[nH]c([C@@H]7CCCN7C(=O)[C@@H](NC(=O)OC)C(C)C)nc65)c4)ccc32)[nH]1)N(C(=O)OC(C)(C)C)C(C)C. The summed E-state index contributed by atoms with van der Waals surface area (Å²) >= 11 is 0. The molecule has 56 heavy (non-hydrogen) atoms.